The summed E-state index contributed by atoms with van der Waals surface area (Å²) in [6, 6.07) is 9.35. The van der Waals surface area contributed by atoms with Crippen LogP contribution in [-0.2, 0) is 9.53 Å². The fourth-order valence-electron chi connectivity index (χ4n) is 3.96. The molecule has 0 atom stereocenters. The molecule has 36 heavy (non-hydrogen) atoms. The van der Waals surface area contributed by atoms with Gasteiger partial charge in [-0.25, -0.2) is 14.5 Å². The number of amides is 3. The van der Waals surface area contributed by atoms with Crippen molar-refractivity contribution >= 4 is 40.4 Å². The fraction of sp³-hybridized carbons (Fsp3) is 0.200. The van der Waals surface area contributed by atoms with Gasteiger partial charge in [-0.3, -0.25) is 19.3 Å². The minimum atomic E-state index is -0.731. The van der Waals surface area contributed by atoms with E-state index >= 15 is 0 Å². The molecule has 182 valence electrons. The van der Waals surface area contributed by atoms with Crippen LogP contribution in [0.25, 0.3) is 22.5 Å². The molecule has 1 aromatic carbocycles. The quantitative estimate of drug-likeness (QED) is 0.323. The number of aromatic nitrogens is 3. The van der Waals surface area contributed by atoms with Crippen LogP contribution in [0.3, 0.4) is 0 Å². The Bertz CT molecular complexity index is 1540. The molecule has 1 aliphatic heterocycles. The van der Waals surface area contributed by atoms with E-state index in [0.717, 1.165) is 4.90 Å². The Labute approximate surface area is 204 Å². The zero-order valence-corrected chi connectivity index (χ0v) is 19.6. The van der Waals surface area contributed by atoms with Crippen LogP contribution in [0.2, 0.25) is 0 Å². The van der Waals surface area contributed by atoms with Gasteiger partial charge in [0.2, 0.25) is 0 Å². The van der Waals surface area contributed by atoms with Crippen molar-refractivity contribution in [3.05, 3.63) is 65.5 Å². The first-order valence-corrected chi connectivity index (χ1v) is 11.1. The van der Waals surface area contributed by atoms with E-state index in [1.807, 2.05) is 13.8 Å². The minimum absolute atomic E-state index is 0.00853. The number of carbonyl (C=O) groups excluding carboxylic acids is 4. The first-order valence-electron chi connectivity index (χ1n) is 11.1. The normalized spacial score (nSPS) is 12.9. The van der Waals surface area contributed by atoms with E-state index in [9.17, 15) is 19.2 Å². The fourth-order valence-corrected chi connectivity index (χ4v) is 3.96. The number of nitrogens with zero attached hydrogens (tertiary/aromatic N) is 4. The molecular formula is C25H21N5O6. The molecule has 1 N–H and O–H groups in total. The SMILES string of the molecule is CC(C)n1ncc2c(C(=O)OCC(=O)Nc3ccc4c(c3)C(=O)N(C)C4=O)cc(-c3ccco3)nc21. The van der Waals surface area contributed by atoms with E-state index in [1.54, 1.807) is 16.8 Å². The molecule has 0 spiro atoms. The Morgan fingerprint density at radius 1 is 1.11 bits per heavy atom. The number of furan rings is 1. The van der Waals surface area contributed by atoms with E-state index in [-0.39, 0.29) is 22.7 Å². The average Bonchev–Trinajstić information content (AvgIpc) is 3.59. The van der Waals surface area contributed by atoms with Crippen LogP contribution in [0.5, 0.6) is 0 Å². The number of fused-ring (bicyclic) bond motifs is 2. The Morgan fingerprint density at radius 3 is 2.61 bits per heavy atom. The Morgan fingerprint density at radius 2 is 1.89 bits per heavy atom. The van der Waals surface area contributed by atoms with Crippen molar-refractivity contribution in [1.82, 2.24) is 19.7 Å². The van der Waals surface area contributed by atoms with Crippen molar-refractivity contribution in [3.8, 4) is 11.5 Å². The number of esters is 1. The zero-order chi connectivity index (χ0) is 25.6. The molecule has 0 radical (unpaired) electrons. The second-order valence-electron chi connectivity index (χ2n) is 8.51. The molecule has 11 heteroatoms. The van der Waals surface area contributed by atoms with Crippen LogP contribution < -0.4 is 5.32 Å². The highest BCUT2D eigenvalue weighted by atomic mass is 16.5. The molecule has 0 aliphatic carbocycles. The van der Waals surface area contributed by atoms with Crippen LogP contribution in [0.4, 0.5) is 5.69 Å². The summed E-state index contributed by atoms with van der Waals surface area (Å²) in [5.41, 5.74) is 1.87. The lowest BCUT2D eigenvalue weighted by molar-refractivity contribution is -0.119. The van der Waals surface area contributed by atoms with Crippen molar-refractivity contribution in [2.24, 2.45) is 0 Å². The summed E-state index contributed by atoms with van der Waals surface area (Å²) in [6.45, 7) is 3.31. The highest BCUT2D eigenvalue weighted by molar-refractivity contribution is 6.21. The van der Waals surface area contributed by atoms with Gasteiger partial charge in [0.15, 0.2) is 18.0 Å². The molecule has 0 unspecified atom stereocenters. The first kappa shape index (κ1) is 23.0. The summed E-state index contributed by atoms with van der Waals surface area (Å²) in [6.07, 6.45) is 3.04. The zero-order valence-electron chi connectivity index (χ0n) is 19.6. The van der Waals surface area contributed by atoms with E-state index in [4.69, 9.17) is 9.15 Å². The number of rotatable bonds is 6. The molecule has 1 aliphatic rings. The van der Waals surface area contributed by atoms with Gasteiger partial charge in [-0.15, -0.1) is 0 Å². The summed E-state index contributed by atoms with van der Waals surface area (Å²) >= 11 is 0. The number of anilines is 1. The van der Waals surface area contributed by atoms with Gasteiger partial charge in [0.25, 0.3) is 17.7 Å². The molecular weight excluding hydrogens is 466 g/mol. The third-order valence-corrected chi connectivity index (χ3v) is 5.76. The van der Waals surface area contributed by atoms with Crippen molar-refractivity contribution in [2.75, 3.05) is 19.0 Å². The Hall–Kier alpha value is -4.80. The van der Waals surface area contributed by atoms with E-state index in [0.29, 0.717) is 28.2 Å². The van der Waals surface area contributed by atoms with Crippen LogP contribution in [0.1, 0.15) is 51.0 Å². The number of imide groups is 1. The maximum absolute atomic E-state index is 13.0. The predicted molar refractivity (Wildman–Crippen MR) is 127 cm³/mol. The summed E-state index contributed by atoms with van der Waals surface area (Å²) < 4.78 is 12.4. The lowest BCUT2D eigenvalue weighted by Gasteiger charge is -2.10. The lowest BCUT2D eigenvalue weighted by Crippen LogP contribution is -2.24. The molecule has 3 amide bonds. The average molecular weight is 487 g/mol. The topological polar surface area (TPSA) is 137 Å². The summed E-state index contributed by atoms with van der Waals surface area (Å²) in [5.74, 6) is -1.72. The molecule has 11 nitrogen and oxygen atoms in total. The number of benzene rings is 1. The first-order chi connectivity index (χ1) is 17.2. The van der Waals surface area contributed by atoms with Gasteiger partial charge in [-0.1, -0.05) is 0 Å². The number of nitrogens with one attached hydrogen (secondary N) is 1. The second-order valence-corrected chi connectivity index (χ2v) is 8.51. The predicted octanol–water partition coefficient (Wildman–Crippen LogP) is 3.29. The van der Waals surface area contributed by atoms with Crippen LogP contribution in [-0.4, -0.2) is 57.0 Å². The Balaban J connectivity index is 1.35. The summed E-state index contributed by atoms with van der Waals surface area (Å²) in [5, 5.41) is 7.40. The number of ether oxygens (including phenoxy) is 1. The van der Waals surface area contributed by atoms with Gasteiger partial charge in [0.05, 0.1) is 34.5 Å². The third kappa shape index (κ3) is 3.90. The van der Waals surface area contributed by atoms with Crippen LogP contribution in [0, 0.1) is 0 Å². The van der Waals surface area contributed by atoms with Crippen molar-refractivity contribution in [3.63, 3.8) is 0 Å². The summed E-state index contributed by atoms with van der Waals surface area (Å²) in [4.78, 5) is 55.3. The van der Waals surface area contributed by atoms with Gasteiger partial charge in [-0.2, -0.15) is 5.10 Å². The maximum atomic E-state index is 13.0. The smallest absolute Gasteiger partial charge is 0.339 e. The van der Waals surface area contributed by atoms with Crippen molar-refractivity contribution < 1.29 is 28.3 Å². The van der Waals surface area contributed by atoms with E-state index in [1.165, 1.54) is 43.8 Å². The molecule has 4 heterocycles. The number of pyridine rings is 1. The Kier molecular flexibility index (Phi) is 5.59. The number of hydrogen-bond donors (Lipinski definition) is 1. The lowest BCUT2D eigenvalue weighted by atomic mass is 10.1. The van der Waals surface area contributed by atoms with Crippen LogP contribution in [0.15, 0.2) is 53.3 Å². The number of hydrogen-bond acceptors (Lipinski definition) is 8. The molecule has 0 saturated heterocycles. The van der Waals surface area contributed by atoms with Crippen molar-refractivity contribution in [2.45, 2.75) is 19.9 Å². The monoisotopic (exact) mass is 487 g/mol. The molecule has 0 bridgehead atoms. The molecule has 4 aromatic rings. The number of carbonyl (C=O) groups is 4. The molecule has 0 saturated carbocycles. The van der Waals surface area contributed by atoms with Gasteiger partial charge < -0.3 is 14.5 Å². The van der Waals surface area contributed by atoms with Crippen LogP contribution >= 0.6 is 0 Å². The highest BCUT2D eigenvalue weighted by Gasteiger charge is 2.32. The minimum Gasteiger partial charge on any atom is -0.463 e. The third-order valence-electron chi connectivity index (χ3n) is 5.76. The summed E-state index contributed by atoms with van der Waals surface area (Å²) in [7, 11) is 1.39. The maximum Gasteiger partial charge on any atom is 0.339 e. The largest absolute Gasteiger partial charge is 0.463 e. The van der Waals surface area contributed by atoms with E-state index < -0.39 is 30.3 Å². The highest BCUT2D eigenvalue weighted by Crippen LogP contribution is 2.28. The van der Waals surface area contributed by atoms with Gasteiger partial charge >= 0.3 is 5.97 Å². The van der Waals surface area contributed by atoms with Gasteiger partial charge in [0, 0.05) is 18.8 Å². The van der Waals surface area contributed by atoms with Gasteiger partial charge in [0.1, 0.15) is 5.69 Å². The standard InChI is InChI=1S/C25H21N5O6/c1-13(2)30-22-18(11-26-30)17(10-19(28-22)20-5-4-8-35-20)25(34)36-12-21(31)27-14-6-7-15-16(9-14)24(33)29(3)23(15)32/h4-11,13H,12H2,1-3H3,(H,27,31). The molecule has 5 rings (SSSR count). The molecule has 3 aromatic heterocycles. The molecule has 0 fully saturated rings. The van der Waals surface area contributed by atoms with Gasteiger partial charge in [-0.05, 0) is 50.2 Å². The van der Waals surface area contributed by atoms with E-state index in [2.05, 4.69) is 15.4 Å². The second kappa shape index (κ2) is 8.77. The van der Waals surface area contributed by atoms with Crippen molar-refractivity contribution in [1.29, 1.82) is 0 Å².